The second-order valence-corrected chi connectivity index (χ2v) is 11.1. The van der Waals surface area contributed by atoms with E-state index in [1.165, 1.54) is 0 Å². The van der Waals surface area contributed by atoms with E-state index < -0.39 is 107 Å². The largest absolute Gasteiger partial charge is 1.00 e. The fourth-order valence-corrected chi connectivity index (χ4v) is 3.35. The van der Waals surface area contributed by atoms with Gasteiger partial charge in [0, 0.05) is 0 Å². The number of sulfonamides is 1. The monoisotopic (exact) mass is 855 g/mol. The summed E-state index contributed by atoms with van der Waals surface area (Å²) in [5.41, 5.74) is -3.04. The molecule has 0 aliphatic rings. The first-order chi connectivity index (χ1) is 20.5. The quantitative estimate of drug-likeness (QED) is 0.166. The summed E-state index contributed by atoms with van der Waals surface area (Å²) in [7, 11) is -14.0. The van der Waals surface area contributed by atoms with E-state index in [2.05, 4.69) is 5.14 Å². The number of alkyl halides is 19. The minimum Gasteiger partial charge on any atom is -1.00 e. The van der Waals surface area contributed by atoms with E-state index in [-0.39, 0.29) is 52.8 Å². The Morgan fingerprint density at radius 1 is 0.469 bits per heavy atom. The van der Waals surface area contributed by atoms with Crippen LogP contribution in [0.15, 0.2) is 0 Å². The van der Waals surface area contributed by atoms with Gasteiger partial charge in [-0.15, -0.1) is 0 Å². The maximum atomic E-state index is 13.1. The van der Waals surface area contributed by atoms with E-state index >= 15 is 0 Å². The molecule has 2 N–H and O–H groups in total. The van der Waals surface area contributed by atoms with Crippen molar-refractivity contribution in [3.05, 3.63) is 34.6 Å². The minimum atomic E-state index is -8.84. The molecule has 286 valence electrons. The first-order valence-electron chi connectivity index (χ1n) is 9.67. The minimum absolute atomic E-state index is 0. The van der Waals surface area contributed by atoms with Gasteiger partial charge in [-0.2, -0.15) is 91.8 Å². The van der Waals surface area contributed by atoms with Crippen molar-refractivity contribution in [3.8, 4) is 0 Å². The van der Waals surface area contributed by atoms with E-state index in [0.717, 1.165) is 0 Å². The van der Waals surface area contributed by atoms with Crippen LogP contribution in [0.1, 0.15) is 6.99 Å². The number of rotatable bonds is 10. The van der Waals surface area contributed by atoms with Crippen LogP contribution in [0.3, 0.4) is 0 Å². The van der Waals surface area contributed by atoms with Gasteiger partial charge in [0.15, 0.2) is 23.3 Å². The van der Waals surface area contributed by atoms with Crippen LogP contribution in [0.5, 0.6) is 0 Å². The number of nitrogens with two attached hydrogens (primary N) is 1. The number of halogens is 25. The summed E-state index contributed by atoms with van der Waals surface area (Å²) in [4.78, 5) is 0. The smallest absolute Gasteiger partial charge is 1.00 e. The fourth-order valence-electron chi connectivity index (χ4n) is 2.35. The second kappa shape index (κ2) is 14.1. The molecule has 0 aliphatic carbocycles. The Morgan fingerprint density at radius 2 is 0.714 bits per heavy atom. The van der Waals surface area contributed by atoms with Gasteiger partial charge in [0.2, 0.25) is 5.82 Å². The van der Waals surface area contributed by atoms with Crippen LogP contribution in [0.2, 0.25) is 0 Å². The van der Waals surface area contributed by atoms with Crippen LogP contribution in [-0.4, -0.2) is 63.8 Å². The Kier molecular flexibility index (Phi) is 14.3. The third kappa shape index (κ3) is 7.43. The Bertz CT molecular complexity index is 1580. The first-order valence-corrected chi connectivity index (χ1v) is 12.6. The summed E-state index contributed by atoms with van der Waals surface area (Å²) in [6.45, 7) is 0. The van der Waals surface area contributed by atoms with Crippen LogP contribution in [0, 0.1) is 29.1 Å². The molecular formula is C15H3F25KNO5S2. The zero-order valence-electron chi connectivity index (χ0n) is 22.4. The van der Waals surface area contributed by atoms with E-state index in [0.29, 0.717) is 0 Å². The summed E-state index contributed by atoms with van der Waals surface area (Å²) in [6, 6.07) is 0. The molecule has 0 spiro atoms. The molecule has 0 aromatic heterocycles. The van der Waals surface area contributed by atoms with Crippen molar-refractivity contribution in [2.45, 2.75) is 52.2 Å². The van der Waals surface area contributed by atoms with Gasteiger partial charge in [-0.25, -0.2) is 35.5 Å². The molecule has 0 bridgehead atoms. The molecule has 0 atom stereocenters. The number of hydrogen-bond acceptors (Lipinski definition) is 5. The van der Waals surface area contributed by atoms with Gasteiger partial charge < -0.3 is 1.43 Å². The third-order valence-corrected chi connectivity index (χ3v) is 6.92. The molecule has 0 saturated heterocycles. The van der Waals surface area contributed by atoms with E-state index in [1.54, 1.807) is 0 Å². The van der Waals surface area contributed by atoms with Gasteiger partial charge in [0.25, 0.3) is 10.0 Å². The fraction of sp³-hybridized carbons (Fsp3) is 0.600. The van der Waals surface area contributed by atoms with Crippen molar-refractivity contribution in [2.24, 2.45) is 5.14 Å². The van der Waals surface area contributed by atoms with Crippen LogP contribution in [0.25, 0.3) is 0 Å². The summed E-state index contributed by atoms with van der Waals surface area (Å²) >= 11 is 0. The average molecular weight is 855 g/mol. The maximum absolute atomic E-state index is 13.1. The molecule has 0 unspecified atom stereocenters. The first kappa shape index (κ1) is 50.0. The molecule has 0 amide bonds. The molecule has 34 heteroatoms. The van der Waals surface area contributed by atoms with E-state index in [9.17, 15) is 127 Å². The van der Waals surface area contributed by atoms with Crippen molar-refractivity contribution in [1.29, 1.82) is 0 Å². The van der Waals surface area contributed by atoms with Crippen LogP contribution < -0.4 is 56.5 Å². The van der Waals surface area contributed by atoms with Crippen molar-refractivity contribution < 1.29 is 184 Å². The maximum Gasteiger partial charge on any atom is 1.00 e. The van der Waals surface area contributed by atoms with Crippen LogP contribution >= 0.6 is 0 Å². The van der Waals surface area contributed by atoms with Crippen LogP contribution in [0.4, 0.5) is 110 Å². The van der Waals surface area contributed by atoms with Crippen LogP contribution in [-0.2, 0) is 29.8 Å². The standard InChI is InChI=1S/C8H2F17NO2S.C7F8O3S.K.H/c9-1(10,3(13,14)5(17,18)7(21,22)23)2(11,12)4(15,16)6(19,20)8(24,25)29(26,27)28;8-2-1(7(13,14)19(16,17)18-15)3(9)5(11)6(12)4(2)10;;/h(H2,26,27,28);;;/q;;+1;-1. The Hall–Kier alpha value is -1.07. The molecule has 0 aliphatic heterocycles. The molecular weight excluding hydrogens is 852 g/mol. The van der Waals surface area contributed by atoms with E-state index in [1.807, 2.05) is 4.39 Å². The summed E-state index contributed by atoms with van der Waals surface area (Å²) in [5.74, 6) is -66.3. The summed E-state index contributed by atoms with van der Waals surface area (Å²) in [5, 5.41) is -10.1. The van der Waals surface area contributed by atoms with E-state index in [4.69, 9.17) is 0 Å². The number of benzene rings is 1. The summed E-state index contributed by atoms with van der Waals surface area (Å²) in [6.07, 6.45) is -7.86. The average Bonchev–Trinajstić information content (AvgIpc) is 2.88. The van der Waals surface area contributed by atoms with Crippen molar-refractivity contribution in [2.75, 3.05) is 0 Å². The molecule has 0 fully saturated rings. The second-order valence-electron chi connectivity index (χ2n) is 7.98. The number of hydrogen-bond donors (Lipinski definition) is 1. The van der Waals surface area contributed by atoms with Gasteiger partial charge in [0.05, 0.1) is 0 Å². The van der Waals surface area contributed by atoms with Crippen molar-refractivity contribution in [3.63, 3.8) is 0 Å². The van der Waals surface area contributed by atoms with Gasteiger partial charge in [-0.05, 0) is 4.53 Å². The van der Waals surface area contributed by atoms with Gasteiger partial charge in [0.1, 0.15) is 5.56 Å². The molecule has 0 radical (unpaired) electrons. The van der Waals surface area contributed by atoms with Crippen molar-refractivity contribution >= 4 is 20.1 Å². The predicted molar refractivity (Wildman–Crippen MR) is 96.1 cm³/mol. The van der Waals surface area contributed by atoms with Gasteiger partial charge in [-0.3, -0.25) is 0 Å². The molecule has 0 saturated carbocycles. The molecule has 1 rings (SSSR count). The van der Waals surface area contributed by atoms with Gasteiger partial charge >= 0.3 is 114 Å². The molecule has 1 aromatic carbocycles. The Labute approximate surface area is 294 Å². The normalized spacial score (nSPS) is 15.0. The zero-order chi connectivity index (χ0) is 39.7. The predicted octanol–water partition coefficient (Wildman–Crippen LogP) is 4.02. The SMILES string of the molecule is NS(=O)(=O)C(F)(F)C(F)(F)C(F)(F)C(F)(F)C(F)(F)C(F)(F)C(F)(F)C(F)(F)F.O=S(=O)(OF)C(F)(F)c1c(F)c(F)c(F)c(F)c1F.[H-].[K+]. The topological polar surface area (TPSA) is 104 Å². The number of primary sulfonamides is 1. The molecule has 1 aromatic rings. The molecule has 0 heterocycles. The zero-order valence-corrected chi connectivity index (χ0v) is 26.1. The van der Waals surface area contributed by atoms with Gasteiger partial charge in [-0.1, -0.05) is 4.39 Å². The molecule has 6 nitrogen and oxygen atoms in total. The Morgan fingerprint density at radius 3 is 0.959 bits per heavy atom. The third-order valence-electron chi connectivity index (χ3n) is 4.95. The Balaban J connectivity index is -0.000000915. The van der Waals surface area contributed by atoms with Crippen molar-refractivity contribution in [1.82, 2.24) is 0 Å². The summed E-state index contributed by atoms with van der Waals surface area (Å²) < 4.78 is 360. The molecule has 49 heavy (non-hydrogen) atoms.